The molecule has 1 aliphatic heterocycles. The Labute approximate surface area is 159 Å². The SMILES string of the molecule is CCc1csc(C2CCCN(C(=O)c3cccc(N)c3)C2)n1.Cl.Cl. The number of hydrogen-bond acceptors (Lipinski definition) is 4. The van der Waals surface area contributed by atoms with Crippen LogP contribution in [0.1, 0.15) is 46.7 Å². The summed E-state index contributed by atoms with van der Waals surface area (Å²) in [4.78, 5) is 19.3. The molecule has 2 aromatic rings. The summed E-state index contributed by atoms with van der Waals surface area (Å²) in [6.07, 6.45) is 3.10. The standard InChI is InChI=1S/C17H21N3OS.2ClH/c1-2-15-11-22-16(19-15)13-6-4-8-20(10-13)17(21)12-5-3-7-14(18)9-12;;/h3,5,7,9,11,13H,2,4,6,8,10,18H2,1H3;2*1H. The first-order valence-corrected chi connectivity index (χ1v) is 8.64. The number of likely N-dealkylation sites (tertiary alicyclic amines) is 1. The van der Waals surface area contributed by atoms with Crippen LogP contribution in [0.15, 0.2) is 29.6 Å². The lowest BCUT2D eigenvalue weighted by atomic mass is 9.98. The second kappa shape index (κ2) is 9.25. The molecular formula is C17H23Cl2N3OS. The van der Waals surface area contributed by atoms with E-state index >= 15 is 0 Å². The van der Waals surface area contributed by atoms with Crippen molar-refractivity contribution in [3.05, 3.63) is 45.9 Å². The number of aromatic nitrogens is 1. The number of thiazole rings is 1. The molecule has 132 valence electrons. The van der Waals surface area contributed by atoms with Gasteiger partial charge in [-0.2, -0.15) is 0 Å². The van der Waals surface area contributed by atoms with Gasteiger partial charge in [-0.15, -0.1) is 36.2 Å². The van der Waals surface area contributed by atoms with E-state index in [0.717, 1.165) is 38.0 Å². The Morgan fingerprint density at radius 2 is 2.21 bits per heavy atom. The summed E-state index contributed by atoms with van der Waals surface area (Å²) in [7, 11) is 0. The highest BCUT2D eigenvalue weighted by atomic mass is 35.5. The Hall–Kier alpha value is -1.30. The second-order valence-electron chi connectivity index (χ2n) is 5.75. The maximum atomic E-state index is 12.6. The van der Waals surface area contributed by atoms with Crippen LogP contribution >= 0.6 is 36.2 Å². The average molecular weight is 388 g/mol. The van der Waals surface area contributed by atoms with Crippen LogP contribution in [0.3, 0.4) is 0 Å². The minimum Gasteiger partial charge on any atom is -0.399 e. The topological polar surface area (TPSA) is 59.2 Å². The molecule has 0 radical (unpaired) electrons. The third-order valence-corrected chi connectivity index (χ3v) is 5.18. The van der Waals surface area contributed by atoms with Gasteiger partial charge in [0.15, 0.2) is 0 Å². The number of anilines is 1. The van der Waals surface area contributed by atoms with Crippen molar-refractivity contribution in [2.24, 2.45) is 0 Å². The summed E-state index contributed by atoms with van der Waals surface area (Å²) in [5.41, 5.74) is 8.24. The van der Waals surface area contributed by atoms with Crippen LogP contribution in [-0.4, -0.2) is 28.9 Å². The Bertz CT molecular complexity index is 677. The van der Waals surface area contributed by atoms with Crippen LogP contribution in [0, 0.1) is 0 Å². The summed E-state index contributed by atoms with van der Waals surface area (Å²) in [6.45, 7) is 3.69. The molecule has 7 heteroatoms. The fourth-order valence-electron chi connectivity index (χ4n) is 2.89. The Balaban J connectivity index is 0.00000144. The highest BCUT2D eigenvalue weighted by Crippen LogP contribution is 2.30. The zero-order chi connectivity index (χ0) is 15.5. The molecule has 1 aromatic heterocycles. The lowest BCUT2D eigenvalue weighted by Gasteiger charge is -2.32. The maximum absolute atomic E-state index is 12.6. The number of carbonyl (C=O) groups is 1. The van der Waals surface area contributed by atoms with Crippen molar-refractivity contribution in [3.63, 3.8) is 0 Å². The summed E-state index contributed by atoms with van der Waals surface area (Å²) in [5, 5.41) is 3.30. The highest BCUT2D eigenvalue weighted by molar-refractivity contribution is 7.09. The number of nitrogens with zero attached hydrogens (tertiary/aromatic N) is 2. The van der Waals surface area contributed by atoms with E-state index in [1.807, 2.05) is 17.0 Å². The molecule has 1 saturated heterocycles. The van der Waals surface area contributed by atoms with E-state index in [2.05, 4.69) is 12.3 Å². The van der Waals surface area contributed by atoms with Gasteiger partial charge in [-0.3, -0.25) is 4.79 Å². The number of rotatable bonds is 3. The largest absolute Gasteiger partial charge is 0.399 e. The van der Waals surface area contributed by atoms with Gasteiger partial charge in [0.05, 0.1) is 10.7 Å². The molecule has 1 unspecified atom stereocenters. The predicted octanol–water partition coefficient (Wildman–Crippen LogP) is 4.15. The first-order valence-electron chi connectivity index (χ1n) is 7.76. The molecule has 3 rings (SSSR count). The molecule has 24 heavy (non-hydrogen) atoms. The van der Waals surface area contributed by atoms with Crippen LogP contribution in [0.5, 0.6) is 0 Å². The lowest BCUT2D eigenvalue weighted by Crippen LogP contribution is -2.39. The van der Waals surface area contributed by atoms with Crippen LogP contribution in [0.2, 0.25) is 0 Å². The molecule has 0 bridgehead atoms. The van der Waals surface area contributed by atoms with E-state index in [-0.39, 0.29) is 30.7 Å². The molecule has 1 aliphatic rings. The third kappa shape index (κ3) is 4.62. The van der Waals surface area contributed by atoms with Gasteiger partial charge in [0.1, 0.15) is 0 Å². The number of piperidine rings is 1. The zero-order valence-electron chi connectivity index (χ0n) is 13.6. The van der Waals surface area contributed by atoms with E-state index in [4.69, 9.17) is 10.7 Å². The van der Waals surface area contributed by atoms with E-state index in [9.17, 15) is 4.79 Å². The Kier molecular flexibility index (Phi) is 8.00. The summed E-state index contributed by atoms with van der Waals surface area (Å²) in [5.74, 6) is 0.438. The second-order valence-corrected chi connectivity index (χ2v) is 6.64. The minimum atomic E-state index is 0. The minimum absolute atomic E-state index is 0. The van der Waals surface area contributed by atoms with Crippen molar-refractivity contribution >= 4 is 47.7 Å². The number of hydrogen-bond donors (Lipinski definition) is 1. The number of nitrogen functional groups attached to an aromatic ring is 1. The smallest absolute Gasteiger partial charge is 0.253 e. The number of nitrogens with two attached hydrogens (primary N) is 1. The van der Waals surface area contributed by atoms with Crippen molar-refractivity contribution in [3.8, 4) is 0 Å². The molecule has 0 aliphatic carbocycles. The van der Waals surface area contributed by atoms with Gasteiger partial charge in [0, 0.05) is 35.6 Å². The van der Waals surface area contributed by atoms with Crippen molar-refractivity contribution in [1.82, 2.24) is 9.88 Å². The molecule has 0 spiro atoms. The van der Waals surface area contributed by atoms with Crippen LogP contribution < -0.4 is 5.73 Å². The number of halogens is 2. The highest BCUT2D eigenvalue weighted by Gasteiger charge is 2.27. The van der Waals surface area contributed by atoms with Gasteiger partial charge in [0.2, 0.25) is 0 Å². The third-order valence-electron chi connectivity index (χ3n) is 4.12. The van der Waals surface area contributed by atoms with Gasteiger partial charge in [-0.1, -0.05) is 13.0 Å². The molecule has 2 heterocycles. The predicted molar refractivity (Wildman–Crippen MR) is 105 cm³/mol. The Morgan fingerprint density at radius 3 is 2.88 bits per heavy atom. The van der Waals surface area contributed by atoms with Crippen LogP contribution in [-0.2, 0) is 6.42 Å². The Morgan fingerprint density at radius 1 is 1.42 bits per heavy atom. The zero-order valence-corrected chi connectivity index (χ0v) is 16.1. The van der Waals surface area contributed by atoms with E-state index in [0.29, 0.717) is 17.2 Å². The summed E-state index contributed by atoms with van der Waals surface area (Å²) >= 11 is 1.72. The maximum Gasteiger partial charge on any atom is 0.253 e. The van der Waals surface area contributed by atoms with Gasteiger partial charge in [-0.25, -0.2) is 4.98 Å². The fraction of sp³-hybridized carbons (Fsp3) is 0.412. The summed E-state index contributed by atoms with van der Waals surface area (Å²) in [6, 6.07) is 7.22. The molecular weight excluding hydrogens is 365 g/mol. The van der Waals surface area contributed by atoms with E-state index < -0.39 is 0 Å². The van der Waals surface area contributed by atoms with Gasteiger partial charge >= 0.3 is 0 Å². The first-order chi connectivity index (χ1) is 10.7. The number of benzene rings is 1. The van der Waals surface area contributed by atoms with Crippen molar-refractivity contribution in [2.45, 2.75) is 32.1 Å². The van der Waals surface area contributed by atoms with Gasteiger partial charge < -0.3 is 10.6 Å². The first kappa shape index (κ1) is 20.7. The van der Waals surface area contributed by atoms with Gasteiger partial charge in [0.25, 0.3) is 5.91 Å². The number of amides is 1. The molecule has 2 N–H and O–H groups in total. The van der Waals surface area contributed by atoms with E-state index in [1.165, 1.54) is 5.01 Å². The van der Waals surface area contributed by atoms with Gasteiger partial charge in [-0.05, 0) is 37.5 Å². The lowest BCUT2D eigenvalue weighted by molar-refractivity contribution is 0.0707. The molecule has 1 amide bonds. The quantitative estimate of drug-likeness (QED) is 0.804. The van der Waals surface area contributed by atoms with Crippen LogP contribution in [0.4, 0.5) is 5.69 Å². The van der Waals surface area contributed by atoms with E-state index in [1.54, 1.807) is 23.5 Å². The van der Waals surface area contributed by atoms with Crippen molar-refractivity contribution in [2.75, 3.05) is 18.8 Å². The van der Waals surface area contributed by atoms with Crippen molar-refractivity contribution in [1.29, 1.82) is 0 Å². The number of carbonyl (C=O) groups excluding carboxylic acids is 1. The monoisotopic (exact) mass is 387 g/mol. The normalized spacial score (nSPS) is 16.9. The number of aryl methyl sites for hydroxylation is 1. The summed E-state index contributed by atoms with van der Waals surface area (Å²) < 4.78 is 0. The molecule has 4 nitrogen and oxygen atoms in total. The molecule has 1 aromatic carbocycles. The molecule has 1 atom stereocenters. The fourth-order valence-corrected chi connectivity index (χ4v) is 3.92. The molecule has 1 fully saturated rings. The van der Waals surface area contributed by atoms with Crippen molar-refractivity contribution < 1.29 is 4.79 Å². The average Bonchev–Trinajstić information content (AvgIpc) is 3.03. The molecule has 0 saturated carbocycles. The van der Waals surface area contributed by atoms with Crippen LogP contribution in [0.25, 0.3) is 0 Å².